The standard InChI is InChI=1S/C47H39NO/c1-32-9-7-13-39(27-32)37-17-23-44(24-18-37)48(45-25-19-38(20-26-45)40-14-8-10-33(2)28-40)43-21-15-36(16-22-43)29-35(4)47(49)46-31-42-12-6-5-11-41(42)30-34(46)3/h5-31H,1-4H3/b35-29-. The highest BCUT2D eigenvalue weighted by Gasteiger charge is 2.15. The summed E-state index contributed by atoms with van der Waals surface area (Å²) in [5.41, 5.74) is 13.9. The van der Waals surface area contributed by atoms with Crippen molar-refractivity contribution in [2.24, 2.45) is 0 Å². The molecule has 0 unspecified atom stereocenters. The lowest BCUT2D eigenvalue weighted by molar-refractivity contribution is 0.103. The Labute approximate surface area is 289 Å². The van der Waals surface area contributed by atoms with Crippen LogP contribution in [0.3, 0.4) is 0 Å². The number of benzene rings is 7. The summed E-state index contributed by atoms with van der Waals surface area (Å²) < 4.78 is 0. The molecule has 2 heteroatoms. The maximum absolute atomic E-state index is 13.6. The van der Waals surface area contributed by atoms with Gasteiger partial charge in [-0.1, -0.05) is 126 Å². The Morgan fingerprint density at radius 1 is 0.490 bits per heavy atom. The van der Waals surface area contributed by atoms with E-state index in [1.807, 2.05) is 38.1 Å². The summed E-state index contributed by atoms with van der Waals surface area (Å²) in [7, 11) is 0. The van der Waals surface area contributed by atoms with E-state index in [0.717, 1.165) is 44.5 Å². The molecule has 2 nitrogen and oxygen atoms in total. The molecule has 0 fully saturated rings. The highest BCUT2D eigenvalue weighted by Crippen LogP contribution is 2.37. The highest BCUT2D eigenvalue weighted by atomic mass is 16.1. The third kappa shape index (κ3) is 6.86. The minimum atomic E-state index is 0.0522. The Hall–Kier alpha value is -5.99. The van der Waals surface area contributed by atoms with E-state index >= 15 is 0 Å². The van der Waals surface area contributed by atoms with Gasteiger partial charge in [0, 0.05) is 22.6 Å². The smallest absolute Gasteiger partial charge is 0.189 e. The molecule has 0 N–H and O–H groups in total. The van der Waals surface area contributed by atoms with Crippen LogP contribution in [0.1, 0.15) is 39.5 Å². The maximum Gasteiger partial charge on any atom is 0.189 e. The van der Waals surface area contributed by atoms with Crippen molar-refractivity contribution in [1.29, 1.82) is 0 Å². The molecule has 238 valence electrons. The van der Waals surface area contributed by atoms with Crippen LogP contribution in [-0.2, 0) is 0 Å². The predicted octanol–water partition coefficient (Wildman–Crippen LogP) is 12.9. The molecule has 0 atom stereocenters. The van der Waals surface area contributed by atoms with Crippen LogP contribution in [0.4, 0.5) is 17.1 Å². The molecular formula is C47H39NO. The molecule has 7 aromatic rings. The molecule has 0 aliphatic rings. The fourth-order valence-corrected chi connectivity index (χ4v) is 6.55. The van der Waals surface area contributed by atoms with Crippen molar-refractivity contribution in [3.8, 4) is 22.3 Å². The van der Waals surface area contributed by atoms with Gasteiger partial charge in [-0.25, -0.2) is 0 Å². The number of allylic oxidation sites excluding steroid dienone is 1. The molecule has 0 aliphatic heterocycles. The fourth-order valence-electron chi connectivity index (χ4n) is 6.55. The molecule has 0 radical (unpaired) electrons. The largest absolute Gasteiger partial charge is 0.311 e. The van der Waals surface area contributed by atoms with Gasteiger partial charge in [-0.05, 0) is 126 Å². The van der Waals surface area contributed by atoms with Crippen molar-refractivity contribution in [2.75, 3.05) is 4.90 Å². The third-order valence-corrected chi connectivity index (χ3v) is 9.18. The first-order valence-electron chi connectivity index (χ1n) is 16.8. The van der Waals surface area contributed by atoms with Crippen molar-refractivity contribution in [2.45, 2.75) is 27.7 Å². The summed E-state index contributed by atoms with van der Waals surface area (Å²) in [6, 6.07) is 55.5. The number of Topliss-reactive ketones (excluding diaryl/α,β-unsaturated/α-hetero) is 1. The number of ketones is 1. The topological polar surface area (TPSA) is 20.3 Å². The van der Waals surface area contributed by atoms with Crippen LogP contribution < -0.4 is 4.90 Å². The van der Waals surface area contributed by atoms with Crippen molar-refractivity contribution in [1.82, 2.24) is 0 Å². The van der Waals surface area contributed by atoms with Gasteiger partial charge in [-0.2, -0.15) is 0 Å². The van der Waals surface area contributed by atoms with Gasteiger partial charge in [-0.3, -0.25) is 4.79 Å². The average molecular weight is 634 g/mol. The van der Waals surface area contributed by atoms with Gasteiger partial charge in [0.25, 0.3) is 0 Å². The van der Waals surface area contributed by atoms with Crippen LogP contribution in [-0.4, -0.2) is 5.78 Å². The van der Waals surface area contributed by atoms with Crippen LogP contribution >= 0.6 is 0 Å². The van der Waals surface area contributed by atoms with Gasteiger partial charge < -0.3 is 4.90 Å². The van der Waals surface area contributed by atoms with Gasteiger partial charge in [0.15, 0.2) is 5.78 Å². The van der Waals surface area contributed by atoms with E-state index in [1.54, 1.807) is 0 Å². The summed E-state index contributed by atoms with van der Waals surface area (Å²) >= 11 is 0. The summed E-state index contributed by atoms with van der Waals surface area (Å²) in [6.45, 7) is 8.17. The fraction of sp³-hybridized carbons (Fsp3) is 0.0851. The molecule has 7 rings (SSSR count). The predicted molar refractivity (Wildman–Crippen MR) is 208 cm³/mol. The Bertz CT molecular complexity index is 2220. The normalized spacial score (nSPS) is 11.5. The summed E-state index contributed by atoms with van der Waals surface area (Å²) in [5, 5.41) is 2.22. The van der Waals surface area contributed by atoms with Gasteiger partial charge >= 0.3 is 0 Å². The van der Waals surface area contributed by atoms with E-state index in [1.165, 1.54) is 33.4 Å². The zero-order valence-corrected chi connectivity index (χ0v) is 28.4. The number of rotatable bonds is 8. The minimum absolute atomic E-state index is 0.0522. The van der Waals surface area contributed by atoms with E-state index in [-0.39, 0.29) is 5.78 Å². The quantitative estimate of drug-likeness (QED) is 0.123. The second kappa shape index (κ2) is 13.6. The zero-order chi connectivity index (χ0) is 33.9. The van der Waals surface area contributed by atoms with Crippen molar-refractivity contribution >= 4 is 39.7 Å². The van der Waals surface area contributed by atoms with Crippen LogP contribution in [0.5, 0.6) is 0 Å². The molecule has 0 amide bonds. The van der Waals surface area contributed by atoms with E-state index in [4.69, 9.17) is 0 Å². The van der Waals surface area contributed by atoms with Crippen LogP contribution in [0, 0.1) is 20.8 Å². The molecule has 0 saturated heterocycles. The Kier molecular flexibility index (Phi) is 8.79. The Morgan fingerprint density at radius 2 is 0.959 bits per heavy atom. The molecule has 0 bridgehead atoms. The van der Waals surface area contributed by atoms with Gasteiger partial charge in [0.2, 0.25) is 0 Å². The first kappa shape index (κ1) is 31.6. The molecule has 0 aliphatic carbocycles. The van der Waals surface area contributed by atoms with Crippen molar-refractivity contribution in [3.63, 3.8) is 0 Å². The summed E-state index contributed by atoms with van der Waals surface area (Å²) in [4.78, 5) is 15.9. The number of anilines is 3. The number of hydrogen-bond donors (Lipinski definition) is 0. The Morgan fingerprint density at radius 3 is 1.45 bits per heavy atom. The lowest BCUT2D eigenvalue weighted by Crippen LogP contribution is -2.10. The summed E-state index contributed by atoms with van der Waals surface area (Å²) in [6.07, 6.45) is 1.98. The number of carbonyl (C=O) groups excluding carboxylic acids is 1. The average Bonchev–Trinajstić information content (AvgIpc) is 3.12. The number of carbonyl (C=O) groups is 1. The van der Waals surface area contributed by atoms with Crippen molar-refractivity contribution < 1.29 is 4.79 Å². The number of aryl methyl sites for hydroxylation is 3. The zero-order valence-electron chi connectivity index (χ0n) is 28.4. The lowest BCUT2D eigenvalue weighted by atomic mass is 9.95. The number of nitrogens with zero attached hydrogens (tertiary/aromatic N) is 1. The highest BCUT2D eigenvalue weighted by molar-refractivity contribution is 6.13. The SMILES string of the molecule is C/C(=C/c1ccc(N(c2ccc(-c3cccc(C)c3)cc2)c2ccc(-c3cccc(C)c3)cc2)cc1)C(=O)c1cc2ccccc2cc1C. The lowest BCUT2D eigenvalue weighted by Gasteiger charge is -2.26. The molecule has 7 aromatic carbocycles. The molecule has 0 heterocycles. The maximum atomic E-state index is 13.6. The van der Waals surface area contributed by atoms with E-state index < -0.39 is 0 Å². The first-order valence-corrected chi connectivity index (χ1v) is 16.8. The van der Waals surface area contributed by atoms with E-state index in [9.17, 15) is 4.79 Å². The van der Waals surface area contributed by atoms with E-state index in [2.05, 4.69) is 158 Å². The molecule has 49 heavy (non-hydrogen) atoms. The monoisotopic (exact) mass is 633 g/mol. The minimum Gasteiger partial charge on any atom is -0.311 e. The molecule has 0 spiro atoms. The third-order valence-electron chi connectivity index (χ3n) is 9.18. The number of hydrogen-bond acceptors (Lipinski definition) is 2. The first-order chi connectivity index (χ1) is 23.8. The van der Waals surface area contributed by atoms with Crippen LogP contribution in [0.2, 0.25) is 0 Å². The van der Waals surface area contributed by atoms with Crippen LogP contribution in [0.25, 0.3) is 39.1 Å². The van der Waals surface area contributed by atoms with Gasteiger partial charge in [0.1, 0.15) is 0 Å². The van der Waals surface area contributed by atoms with Crippen LogP contribution in [0.15, 0.2) is 163 Å². The molecule has 0 aromatic heterocycles. The molecular weight excluding hydrogens is 595 g/mol. The molecule has 0 saturated carbocycles. The van der Waals surface area contributed by atoms with Gasteiger partial charge in [-0.15, -0.1) is 0 Å². The second-order valence-electron chi connectivity index (χ2n) is 12.9. The number of fused-ring (bicyclic) bond motifs is 1. The summed E-state index contributed by atoms with van der Waals surface area (Å²) in [5.74, 6) is 0.0522. The van der Waals surface area contributed by atoms with Gasteiger partial charge in [0.05, 0.1) is 0 Å². The second-order valence-corrected chi connectivity index (χ2v) is 12.9. The van der Waals surface area contributed by atoms with Crippen molar-refractivity contribution in [3.05, 3.63) is 191 Å². The Balaban J connectivity index is 1.21. The van der Waals surface area contributed by atoms with E-state index in [0.29, 0.717) is 5.57 Å².